The zero-order valence-corrected chi connectivity index (χ0v) is 17.1. The minimum atomic E-state index is 0.0462. The molecule has 3 aliphatic rings. The van der Waals surface area contributed by atoms with Gasteiger partial charge < -0.3 is 4.90 Å². The summed E-state index contributed by atoms with van der Waals surface area (Å²) in [6.45, 7) is 9.27. The van der Waals surface area contributed by atoms with Gasteiger partial charge in [-0.05, 0) is 44.1 Å². The molecule has 0 spiro atoms. The highest BCUT2D eigenvalue weighted by atomic mass is 16.2. The lowest BCUT2D eigenvalue weighted by Crippen LogP contribution is -2.51. The molecule has 0 bridgehead atoms. The van der Waals surface area contributed by atoms with E-state index in [4.69, 9.17) is 0 Å². The first-order valence-corrected chi connectivity index (χ1v) is 10.9. The van der Waals surface area contributed by atoms with Crippen molar-refractivity contribution < 1.29 is 4.79 Å². The highest BCUT2D eigenvalue weighted by Crippen LogP contribution is 2.19. The van der Waals surface area contributed by atoms with Crippen LogP contribution in [0.15, 0.2) is 10.9 Å². The van der Waals surface area contributed by atoms with E-state index in [2.05, 4.69) is 14.9 Å². The molecule has 0 radical (unpaired) electrons. The van der Waals surface area contributed by atoms with Crippen LogP contribution in [0.2, 0.25) is 0 Å². The number of nitrogens with zero attached hydrogens (tertiary/aromatic N) is 5. The second kappa shape index (κ2) is 8.74. The van der Waals surface area contributed by atoms with Crippen molar-refractivity contribution >= 4 is 5.91 Å². The number of carbonyl (C=O) groups is 1. The molecule has 2 saturated heterocycles. The topological polar surface area (TPSA) is 61.7 Å². The van der Waals surface area contributed by atoms with Gasteiger partial charge in [0.05, 0.1) is 12.2 Å². The van der Waals surface area contributed by atoms with Crippen molar-refractivity contribution in [2.45, 2.75) is 58.0 Å². The van der Waals surface area contributed by atoms with E-state index in [-0.39, 0.29) is 11.5 Å². The molecule has 0 aromatic carbocycles. The Kier molecular flexibility index (Phi) is 6.11. The molecule has 7 heteroatoms. The van der Waals surface area contributed by atoms with Crippen LogP contribution in [0, 0.1) is 0 Å². The summed E-state index contributed by atoms with van der Waals surface area (Å²) in [7, 11) is 0. The molecule has 28 heavy (non-hydrogen) atoms. The summed E-state index contributed by atoms with van der Waals surface area (Å²) in [6.07, 6.45) is 6.63. The molecule has 4 rings (SSSR count). The zero-order chi connectivity index (χ0) is 19.5. The van der Waals surface area contributed by atoms with Gasteiger partial charge in [-0.1, -0.05) is 0 Å². The number of aromatic nitrogens is 2. The van der Waals surface area contributed by atoms with E-state index in [9.17, 15) is 9.59 Å². The van der Waals surface area contributed by atoms with E-state index in [0.29, 0.717) is 12.6 Å². The Morgan fingerprint density at radius 3 is 2.57 bits per heavy atom. The summed E-state index contributed by atoms with van der Waals surface area (Å²) in [4.78, 5) is 31.1. The Hall–Kier alpha value is -1.73. The van der Waals surface area contributed by atoms with Crippen LogP contribution in [0.1, 0.15) is 43.9 Å². The maximum absolute atomic E-state index is 12.3. The molecule has 0 saturated carbocycles. The van der Waals surface area contributed by atoms with E-state index in [1.165, 1.54) is 12.8 Å². The molecule has 154 valence electrons. The standard InChI is InChI=1S/C21H33N5O2/c1-17(27)25-8-4-6-19(25)16-24-11-9-23(10-12-24)13-14-26-21(28)15-18-5-2-3-7-20(18)22-26/h15,19H,2-14,16H2,1H3. The lowest BCUT2D eigenvalue weighted by atomic mass is 9.97. The van der Waals surface area contributed by atoms with Crippen molar-refractivity contribution in [1.82, 2.24) is 24.5 Å². The summed E-state index contributed by atoms with van der Waals surface area (Å²) >= 11 is 0. The van der Waals surface area contributed by atoms with Crippen molar-refractivity contribution in [2.75, 3.05) is 45.8 Å². The lowest BCUT2D eigenvalue weighted by Gasteiger charge is -2.37. The molecule has 1 aromatic heterocycles. The number of piperazine rings is 1. The van der Waals surface area contributed by atoms with Gasteiger partial charge in [-0.25, -0.2) is 4.68 Å². The predicted octanol–water partition coefficient (Wildman–Crippen LogP) is 0.751. The molecule has 1 atom stereocenters. The van der Waals surface area contributed by atoms with Gasteiger partial charge in [-0.15, -0.1) is 0 Å². The fourth-order valence-electron chi connectivity index (χ4n) is 4.93. The number of amides is 1. The van der Waals surface area contributed by atoms with Gasteiger partial charge in [-0.2, -0.15) is 5.10 Å². The molecular formula is C21H33N5O2. The molecule has 1 unspecified atom stereocenters. The molecule has 2 aliphatic heterocycles. The van der Waals surface area contributed by atoms with Crippen LogP contribution in [0.4, 0.5) is 0 Å². The maximum atomic E-state index is 12.3. The van der Waals surface area contributed by atoms with Crippen LogP contribution in [-0.4, -0.2) is 82.2 Å². The van der Waals surface area contributed by atoms with E-state index in [0.717, 1.165) is 82.8 Å². The summed E-state index contributed by atoms with van der Waals surface area (Å²) in [5, 5.41) is 4.64. The largest absolute Gasteiger partial charge is 0.339 e. The van der Waals surface area contributed by atoms with E-state index >= 15 is 0 Å². The van der Waals surface area contributed by atoms with Gasteiger partial charge in [0, 0.05) is 64.8 Å². The van der Waals surface area contributed by atoms with Crippen LogP contribution in [0.25, 0.3) is 0 Å². The predicted molar refractivity (Wildman–Crippen MR) is 108 cm³/mol. The summed E-state index contributed by atoms with van der Waals surface area (Å²) < 4.78 is 1.67. The summed E-state index contributed by atoms with van der Waals surface area (Å²) in [6, 6.07) is 2.20. The van der Waals surface area contributed by atoms with Crippen LogP contribution in [0.3, 0.4) is 0 Å². The zero-order valence-electron chi connectivity index (χ0n) is 17.1. The number of fused-ring (bicyclic) bond motifs is 1. The van der Waals surface area contributed by atoms with Crippen molar-refractivity contribution in [3.05, 3.63) is 27.7 Å². The number of aryl methyl sites for hydroxylation is 2. The van der Waals surface area contributed by atoms with Crippen LogP contribution >= 0.6 is 0 Å². The number of rotatable bonds is 5. The molecule has 1 aromatic rings. The Balaban J connectivity index is 1.25. The lowest BCUT2D eigenvalue weighted by molar-refractivity contribution is -0.130. The Morgan fingerprint density at radius 1 is 1.04 bits per heavy atom. The van der Waals surface area contributed by atoms with Crippen molar-refractivity contribution in [1.29, 1.82) is 0 Å². The van der Waals surface area contributed by atoms with Crippen molar-refractivity contribution in [3.63, 3.8) is 0 Å². The Labute approximate surface area is 167 Å². The Morgan fingerprint density at radius 2 is 1.79 bits per heavy atom. The van der Waals surface area contributed by atoms with Crippen LogP contribution in [0.5, 0.6) is 0 Å². The third kappa shape index (κ3) is 4.46. The molecule has 1 amide bonds. The first kappa shape index (κ1) is 19.6. The maximum Gasteiger partial charge on any atom is 0.267 e. The van der Waals surface area contributed by atoms with Gasteiger partial charge in [0.25, 0.3) is 5.56 Å². The minimum Gasteiger partial charge on any atom is -0.339 e. The van der Waals surface area contributed by atoms with E-state index in [1.807, 2.05) is 11.0 Å². The molecule has 3 heterocycles. The normalized spacial score (nSPS) is 23.8. The third-order valence-electron chi connectivity index (χ3n) is 6.62. The molecule has 2 fully saturated rings. The summed E-state index contributed by atoms with van der Waals surface area (Å²) in [5.74, 6) is 0.212. The van der Waals surface area contributed by atoms with Gasteiger partial charge in [0.1, 0.15) is 0 Å². The number of hydrogen-bond donors (Lipinski definition) is 0. The second-order valence-electron chi connectivity index (χ2n) is 8.54. The molecule has 1 aliphatic carbocycles. The van der Waals surface area contributed by atoms with Gasteiger partial charge >= 0.3 is 0 Å². The molecule has 0 N–H and O–H groups in total. The van der Waals surface area contributed by atoms with Crippen LogP contribution < -0.4 is 5.56 Å². The fourth-order valence-corrected chi connectivity index (χ4v) is 4.93. The Bertz CT molecular complexity index is 754. The van der Waals surface area contributed by atoms with E-state index < -0.39 is 0 Å². The average molecular weight is 388 g/mol. The number of likely N-dealkylation sites (tertiary alicyclic amines) is 1. The fraction of sp³-hybridized carbons (Fsp3) is 0.762. The van der Waals surface area contributed by atoms with E-state index in [1.54, 1.807) is 11.6 Å². The quantitative estimate of drug-likeness (QED) is 0.746. The number of carbonyl (C=O) groups excluding carboxylic acids is 1. The van der Waals surface area contributed by atoms with Crippen LogP contribution in [-0.2, 0) is 24.2 Å². The van der Waals surface area contributed by atoms with Crippen molar-refractivity contribution in [3.8, 4) is 0 Å². The van der Waals surface area contributed by atoms with Gasteiger partial charge in [0.2, 0.25) is 5.91 Å². The average Bonchev–Trinajstić information content (AvgIpc) is 3.16. The SMILES string of the molecule is CC(=O)N1CCCC1CN1CCN(CCn2nc3c(cc2=O)CCCC3)CC1. The smallest absolute Gasteiger partial charge is 0.267 e. The van der Waals surface area contributed by atoms with Gasteiger partial charge in [-0.3, -0.25) is 19.4 Å². The third-order valence-corrected chi connectivity index (χ3v) is 6.62. The van der Waals surface area contributed by atoms with Crippen molar-refractivity contribution in [2.24, 2.45) is 0 Å². The monoisotopic (exact) mass is 387 g/mol. The first-order valence-electron chi connectivity index (χ1n) is 10.9. The first-order chi connectivity index (χ1) is 13.6. The highest BCUT2D eigenvalue weighted by molar-refractivity contribution is 5.73. The molecular weight excluding hydrogens is 354 g/mol. The van der Waals surface area contributed by atoms with Gasteiger partial charge in [0.15, 0.2) is 0 Å². The minimum absolute atomic E-state index is 0.0462. The molecule has 7 nitrogen and oxygen atoms in total. The highest BCUT2D eigenvalue weighted by Gasteiger charge is 2.29. The summed E-state index contributed by atoms with van der Waals surface area (Å²) in [5.41, 5.74) is 2.33. The second-order valence-corrected chi connectivity index (χ2v) is 8.54. The number of hydrogen-bond acceptors (Lipinski definition) is 5.